The van der Waals surface area contributed by atoms with Gasteiger partial charge in [-0.2, -0.15) is 0 Å². The van der Waals surface area contributed by atoms with Gasteiger partial charge in [0.25, 0.3) is 0 Å². The molecule has 2 heterocycles. The average molecular weight is 392 g/mol. The summed E-state index contributed by atoms with van der Waals surface area (Å²) in [5.41, 5.74) is 1.18. The number of hydrogen-bond donors (Lipinski definition) is 0. The Morgan fingerprint density at radius 3 is 1.97 bits per heavy atom. The number of para-hydroxylation sites is 3. The van der Waals surface area contributed by atoms with E-state index in [1.807, 2.05) is 37.3 Å². The second-order valence-corrected chi connectivity index (χ2v) is 7.13. The summed E-state index contributed by atoms with van der Waals surface area (Å²) in [5.74, 6) is -0.140. The third-order valence-corrected chi connectivity index (χ3v) is 5.50. The largest absolute Gasteiger partial charge is 0.368 e. The van der Waals surface area contributed by atoms with Crippen LogP contribution in [0.15, 0.2) is 64.2 Å². The first-order valence-corrected chi connectivity index (χ1v) is 9.90. The summed E-state index contributed by atoms with van der Waals surface area (Å²) < 4.78 is 2.77. The average Bonchev–Trinajstić information content (AvgIpc) is 2.78. The molecule has 29 heavy (non-hydrogen) atoms. The smallest absolute Gasteiger partial charge is 0.317 e. The standard InChI is InChI=1S/C22H24N4O3/c1-2-25-18-10-6-7-11-19(18)26(22(29)21(25)28)16-20(27)24-14-12-23(13-15-24)17-8-4-3-5-9-17/h3-11H,2,12-16H2,1H3. The van der Waals surface area contributed by atoms with Crippen LogP contribution in [0.2, 0.25) is 0 Å². The SMILES string of the molecule is CCn1c(=O)c(=O)n(CC(=O)N2CCN(c3ccccc3)CC2)c2ccccc21. The normalized spacial score (nSPS) is 14.4. The van der Waals surface area contributed by atoms with E-state index >= 15 is 0 Å². The Labute approximate surface area is 168 Å². The van der Waals surface area contributed by atoms with Crippen molar-refractivity contribution in [1.29, 1.82) is 0 Å². The number of aromatic nitrogens is 2. The lowest BCUT2D eigenvalue weighted by Crippen LogP contribution is -2.51. The van der Waals surface area contributed by atoms with Crippen molar-refractivity contribution in [3.05, 3.63) is 75.3 Å². The van der Waals surface area contributed by atoms with Crippen LogP contribution in [-0.4, -0.2) is 46.1 Å². The maximum Gasteiger partial charge on any atom is 0.317 e. The monoisotopic (exact) mass is 392 g/mol. The summed E-state index contributed by atoms with van der Waals surface area (Å²) in [6.07, 6.45) is 0. The molecule has 150 valence electrons. The van der Waals surface area contributed by atoms with E-state index in [9.17, 15) is 14.4 Å². The minimum Gasteiger partial charge on any atom is -0.368 e. The first kappa shape index (κ1) is 19.0. The molecule has 1 aliphatic heterocycles. The molecule has 1 fully saturated rings. The number of carbonyl (C=O) groups excluding carboxylic acids is 1. The molecule has 0 unspecified atom stereocenters. The topological polar surface area (TPSA) is 67.5 Å². The van der Waals surface area contributed by atoms with Crippen molar-refractivity contribution >= 4 is 22.6 Å². The van der Waals surface area contributed by atoms with Gasteiger partial charge >= 0.3 is 11.1 Å². The van der Waals surface area contributed by atoms with E-state index in [0.717, 1.165) is 18.8 Å². The summed E-state index contributed by atoms with van der Waals surface area (Å²) in [6.45, 7) is 4.77. The van der Waals surface area contributed by atoms with Crippen LogP contribution in [0.4, 0.5) is 5.69 Å². The van der Waals surface area contributed by atoms with Crippen molar-refractivity contribution in [3.63, 3.8) is 0 Å². The van der Waals surface area contributed by atoms with Crippen LogP contribution < -0.4 is 16.0 Å². The molecule has 0 atom stereocenters. The molecule has 1 aliphatic rings. The molecular formula is C22H24N4O3. The number of piperazine rings is 1. The van der Waals surface area contributed by atoms with Crippen molar-refractivity contribution in [2.45, 2.75) is 20.0 Å². The van der Waals surface area contributed by atoms with Crippen LogP contribution >= 0.6 is 0 Å². The van der Waals surface area contributed by atoms with Gasteiger partial charge in [0, 0.05) is 38.4 Å². The fraction of sp³-hybridized carbons (Fsp3) is 0.318. The molecule has 1 saturated heterocycles. The van der Waals surface area contributed by atoms with Crippen LogP contribution in [-0.2, 0) is 17.9 Å². The number of carbonyl (C=O) groups is 1. The lowest BCUT2D eigenvalue weighted by Gasteiger charge is -2.36. The fourth-order valence-corrected chi connectivity index (χ4v) is 3.93. The van der Waals surface area contributed by atoms with Crippen molar-refractivity contribution < 1.29 is 4.79 Å². The van der Waals surface area contributed by atoms with Crippen molar-refractivity contribution in [3.8, 4) is 0 Å². The van der Waals surface area contributed by atoms with Crippen LogP contribution in [0, 0.1) is 0 Å². The number of benzene rings is 2. The van der Waals surface area contributed by atoms with Gasteiger partial charge in [0.05, 0.1) is 11.0 Å². The Hall–Kier alpha value is -3.35. The van der Waals surface area contributed by atoms with Crippen LogP contribution in [0.25, 0.3) is 11.0 Å². The summed E-state index contributed by atoms with van der Waals surface area (Å²) in [4.78, 5) is 42.1. The zero-order chi connectivity index (χ0) is 20.4. The van der Waals surface area contributed by atoms with Gasteiger partial charge in [0.2, 0.25) is 5.91 Å². The number of hydrogen-bond acceptors (Lipinski definition) is 4. The second kappa shape index (κ2) is 7.95. The molecule has 7 heteroatoms. The van der Waals surface area contributed by atoms with E-state index in [4.69, 9.17) is 0 Å². The molecule has 1 aromatic heterocycles. The van der Waals surface area contributed by atoms with E-state index in [2.05, 4.69) is 17.0 Å². The highest BCUT2D eigenvalue weighted by Crippen LogP contribution is 2.16. The number of anilines is 1. The van der Waals surface area contributed by atoms with Gasteiger partial charge < -0.3 is 14.4 Å². The molecule has 3 aromatic rings. The van der Waals surface area contributed by atoms with Crippen molar-refractivity contribution in [1.82, 2.24) is 14.0 Å². The highest BCUT2D eigenvalue weighted by molar-refractivity contribution is 5.80. The first-order valence-electron chi connectivity index (χ1n) is 9.90. The summed E-state index contributed by atoms with van der Waals surface area (Å²) >= 11 is 0. The van der Waals surface area contributed by atoms with Crippen molar-refractivity contribution in [2.75, 3.05) is 31.1 Å². The van der Waals surface area contributed by atoms with Gasteiger partial charge in [-0.15, -0.1) is 0 Å². The quantitative estimate of drug-likeness (QED) is 0.632. The maximum absolute atomic E-state index is 12.9. The minimum atomic E-state index is -0.651. The molecule has 0 spiro atoms. The number of rotatable bonds is 4. The molecule has 0 saturated carbocycles. The van der Waals surface area contributed by atoms with Gasteiger partial charge in [-0.3, -0.25) is 19.0 Å². The van der Waals surface area contributed by atoms with Gasteiger partial charge in [-0.05, 0) is 31.2 Å². The van der Waals surface area contributed by atoms with E-state index in [1.54, 1.807) is 17.0 Å². The zero-order valence-electron chi connectivity index (χ0n) is 16.5. The Morgan fingerprint density at radius 2 is 1.34 bits per heavy atom. The maximum atomic E-state index is 12.9. The second-order valence-electron chi connectivity index (χ2n) is 7.13. The number of fused-ring (bicyclic) bond motifs is 1. The number of nitrogens with zero attached hydrogens (tertiary/aromatic N) is 4. The molecule has 0 N–H and O–H groups in total. The van der Waals surface area contributed by atoms with E-state index < -0.39 is 11.1 Å². The summed E-state index contributed by atoms with van der Waals surface area (Å²) in [7, 11) is 0. The van der Waals surface area contributed by atoms with Gasteiger partial charge in [-0.1, -0.05) is 30.3 Å². The Bertz CT molecular complexity index is 1140. The Kier molecular flexibility index (Phi) is 5.20. The Morgan fingerprint density at radius 1 is 0.793 bits per heavy atom. The highest BCUT2D eigenvalue weighted by Gasteiger charge is 2.23. The molecular weight excluding hydrogens is 368 g/mol. The Balaban J connectivity index is 1.55. The minimum absolute atomic E-state index is 0.121. The van der Waals surface area contributed by atoms with Crippen LogP contribution in [0.5, 0.6) is 0 Å². The van der Waals surface area contributed by atoms with E-state index in [0.29, 0.717) is 30.7 Å². The summed E-state index contributed by atoms with van der Waals surface area (Å²) in [6, 6.07) is 17.3. The predicted octanol–water partition coefficient (Wildman–Crippen LogP) is 1.53. The molecule has 7 nitrogen and oxygen atoms in total. The lowest BCUT2D eigenvalue weighted by atomic mass is 10.2. The predicted molar refractivity (Wildman–Crippen MR) is 113 cm³/mol. The van der Waals surface area contributed by atoms with Crippen LogP contribution in [0.1, 0.15) is 6.92 Å². The third-order valence-electron chi connectivity index (χ3n) is 5.50. The molecule has 4 rings (SSSR count). The molecule has 0 bridgehead atoms. The van der Waals surface area contributed by atoms with Gasteiger partial charge in [0.15, 0.2) is 0 Å². The van der Waals surface area contributed by atoms with Crippen molar-refractivity contribution in [2.24, 2.45) is 0 Å². The third kappa shape index (κ3) is 3.55. The molecule has 0 radical (unpaired) electrons. The zero-order valence-corrected chi connectivity index (χ0v) is 16.5. The van der Waals surface area contributed by atoms with E-state index in [1.165, 1.54) is 9.13 Å². The van der Waals surface area contributed by atoms with Crippen LogP contribution in [0.3, 0.4) is 0 Å². The van der Waals surface area contributed by atoms with Gasteiger partial charge in [0.1, 0.15) is 6.54 Å². The fourth-order valence-electron chi connectivity index (χ4n) is 3.93. The van der Waals surface area contributed by atoms with Gasteiger partial charge in [-0.25, -0.2) is 0 Å². The van der Waals surface area contributed by atoms with E-state index in [-0.39, 0.29) is 12.5 Å². The molecule has 0 aliphatic carbocycles. The summed E-state index contributed by atoms with van der Waals surface area (Å²) in [5, 5.41) is 0. The highest BCUT2D eigenvalue weighted by atomic mass is 16.2. The molecule has 1 amide bonds. The number of amides is 1. The first-order chi connectivity index (χ1) is 14.1. The molecule has 2 aromatic carbocycles. The number of aryl methyl sites for hydroxylation is 1. The lowest BCUT2D eigenvalue weighted by molar-refractivity contribution is -0.132.